The smallest absolute Gasteiger partial charge is 0.269 e. The Labute approximate surface area is 105 Å². The molecule has 0 heterocycles. The van der Waals surface area contributed by atoms with Crippen molar-refractivity contribution in [2.75, 3.05) is 6.61 Å². The fraction of sp³-hybridized carbons (Fsp3) is 0.417. The van der Waals surface area contributed by atoms with Crippen molar-refractivity contribution >= 4 is 11.6 Å². The van der Waals surface area contributed by atoms with E-state index in [-0.39, 0.29) is 24.7 Å². The predicted octanol–water partition coefficient (Wildman–Crippen LogP) is 1.23. The van der Waals surface area contributed by atoms with Crippen molar-refractivity contribution in [2.45, 2.75) is 20.4 Å². The van der Waals surface area contributed by atoms with Crippen LogP contribution in [0, 0.1) is 15.5 Å². The second-order valence-electron chi connectivity index (χ2n) is 4.65. The van der Waals surface area contributed by atoms with Crippen LogP contribution in [-0.4, -0.2) is 22.5 Å². The molecule has 98 valence electrons. The van der Waals surface area contributed by atoms with Crippen molar-refractivity contribution in [1.29, 1.82) is 0 Å². The Balaban J connectivity index is 2.59. The number of hydrogen-bond donors (Lipinski definition) is 2. The third-order valence-corrected chi connectivity index (χ3v) is 2.61. The van der Waals surface area contributed by atoms with E-state index in [1.165, 1.54) is 12.1 Å². The summed E-state index contributed by atoms with van der Waals surface area (Å²) in [4.78, 5) is 21.6. The minimum Gasteiger partial charge on any atom is -0.395 e. The third kappa shape index (κ3) is 3.53. The monoisotopic (exact) mass is 252 g/mol. The Morgan fingerprint density at radius 1 is 1.39 bits per heavy atom. The third-order valence-electron chi connectivity index (χ3n) is 2.61. The number of non-ortho nitro benzene ring substituents is 1. The molecule has 1 aromatic rings. The van der Waals surface area contributed by atoms with Gasteiger partial charge in [-0.15, -0.1) is 0 Å². The van der Waals surface area contributed by atoms with Crippen molar-refractivity contribution in [2.24, 2.45) is 5.41 Å². The van der Waals surface area contributed by atoms with Gasteiger partial charge >= 0.3 is 0 Å². The summed E-state index contributed by atoms with van der Waals surface area (Å²) < 4.78 is 0. The Morgan fingerprint density at radius 3 is 2.39 bits per heavy atom. The molecule has 0 aliphatic carbocycles. The van der Waals surface area contributed by atoms with E-state index in [1.807, 2.05) is 0 Å². The van der Waals surface area contributed by atoms with Crippen LogP contribution in [0.1, 0.15) is 19.4 Å². The molecule has 18 heavy (non-hydrogen) atoms. The van der Waals surface area contributed by atoms with E-state index < -0.39 is 10.3 Å². The molecule has 0 unspecified atom stereocenters. The van der Waals surface area contributed by atoms with Gasteiger partial charge in [0, 0.05) is 18.7 Å². The Hall–Kier alpha value is -1.95. The second-order valence-corrected chi connectivity index (χ2v) is 4.65. The van der Waals surface area contributed by atoms with Gasteiger partial charge in [0.25, 0.3) is 5.69 Å². The highest BCUT2D eigenvalue weighted by molar-refractivity contribution is 5.81. The number of aliphatic hydroxyl groups is 1. The van der Waals surface area contributed by atoms with E-state index in [0.29, 0.717) is 0 Å². The first-order valence-electron chi connectivity index (χ1n) is 5.49. The van der Waals surface area contributed by atoms with E-state index in [2.05, 4.69) is 5.32 Å². The zero-order valence-corrected chi connectivity index (χ0v) is 10.3. The number of aliphatic hydroxyl groups excluding tert-OH is 1. The van der Waals surface area contributed by atoms with Gasteiger partial charge < -0.3 is 10.4 Å². The topological polar surface area (TPSA) is 92.5 Å². The van der Waals surface area contributed by atoms with E-state index >= 15 is 0 Å². The largest absolute Gasteiger partial charge is 0.395 e. The fourth-order valence-corrected chi connectivity index (χ4v) is 1.23. The number of carbonyl (C=O) groups is 1. The molecule has 6 nitrogen and oxygen atoms in total. The van der Waals surface area contributed by atoms with Crippen molar-refractivity contribution in [3.05, 3.63) is 39.9 Å². The molecule has 2 N–H and O–H groups in total. The standard InChI is InChI=1S/C12H16N2O4/c1-12(2,8-15)11(16)13-7-9-3-5-10(6-4-9)14(17)18/h3-6,15H,7-8H2,1-2H3,(H,13,16). The summed E-state index contributed by atoms with van der Waals surface area (Å²) in [6.07, 6.45) is 0. The minimum atomic E-state index is -0.833. The molecule has 0 radical (unpaired) electrons. The molecule has 0 saturated heterocycles. The lowest BCUT2D eigenvalue weighted by atomic mass is 9.94. The van der Waals surface area contributed by atoms with E-state index in [1.54, 1.807) is 26.0 Å². The number of nitrogens with zero attached hydrogens (tertiary/aromatic N) is 1. The first-order chi connectivity index (χ1) is 8.36. The second kappa shape index (κ2) is 5.59. The van der Waals surface area contributed by atoms with Crippen LogP contribution in [0.2, 0.25) is 0 Å². The van der Waals surface area contributed by atoms with Gasteiger partial charge in [-0.2, -0.15) is 0 Å². The molecule has 0 spiro atoms. The van der Waals surface area contributed by atoms with Gasteiger partial charge in [0.2, 0.25) is 5.91 Å². The van der Waals surface area contributed by atoms with Gasteiger partial charge in [-0.05, 0) is 19.4 Å². The minimum absolute atomic E-state index is 0.0146. The Bertz CT molecular complexity index is 440. The lowest BCUT2D eigenvalue weighted by Gasteiger charge is -2.20. The van der Waals surface area contributed by atoms with Gasteiger partial charge in [-0.25, -0.2) is 0 Å². The molecule has 0 aliphatic heterocycles. The normalized spacial score (nSPS) is 11.1. The zero-order chi connectivity index (χ0) is 13.8. The molecule has 0 fully saturated rings. The molecular weight excluding hydrogens is 236 g/mol. The van der Waals surface area contributed by atoms with E-state index in [4.69, 9.17) is 5.11 Å². The fourth-order valence-electron chi connectivity index (χ4n) is 1.23. The zero-order valence-electron chi connectivity index (χ0n) is 10.3. The van der Waals surface area contributed by atoms with Crippen molar-refractivity contribution < 1.29 is 14.8 Å². The number of hydrogen-bond acceptors (Lipinski definition) is 4. The van der Waals surface area contributed by atoms with Crippen LogP contribution in [0.15, 0.2) is 24.3 Å². The summed E-state index contributed by atoms with van der Waals surface area (Å²) in [5.41, 5.74) is -0.0516. The van der Waals surface area contributed by atoms with Crippen molar-refractivity contribution in [1.82, 2.24) is 5.32 Å². The van der Waals surface area contributed by atoms with Crippen LogP contribution in [-0.2, 0) is 11.3 Å². The van der Waals surface area contributed by atoms with Crippen LogP contribution in [0.5, 0.6) is 0 Å². The first-order valence-corrected chi connectivity index (χ1v) is 5.49. The molecule has 0 atom stereocenters. The van der Waals surface area contributed by atoms with Gasteiger partial charge in [-0.1, -0.05) is 12.1 Å². The van der Waals surface area contributed by atoms with Gasteiger partial charge in [0.05, 0.1) is 16.9 Å². The van der Waals surface area contributed by atoms with Crippen molar-refractivity contribution in [3.8, 4) is 0 Å². The van der Waals surface area contributed by atoms with Crippen LogP contribution < -0.4 is 5.32 Å². The number of rotatable bonds is 5. The van der Waals surface area contributed by atoms with Crippen LogP contribution in [0.25, 0.3) is 0 Å². The van der Waals surface area contributed by atoms with Gasteiger partial charge in [-0.3, -0.25) is 14.9 Å². The first kappa shape index (κ1) is 14.1. The molecule has 1 rings (SSSR count). The SMILES string of the molecule is CC(C)(CO)C(=O)NCc1ccc([N+](=O)[O-])cc1. The number of benzene rings is 1. The lowest BCUT2D eigenvalue weighted by molar-refractivity contribution is -0.384. The number of nitrogens with one attached hydrogen (secondary N) is 1. The molecule has 1 aromatic carbocycles. The molecule has 0 aliphatic rings. The maximum absolute atomic E-state index is 11.7. The van der Waals surface area contributed by atoms with Crippen LogP contribution in [0.4, 0.5) is 5.69 Å². The summed E-state index contributed by atoms with van der Waals surface area (Å²) in [5, 5.41) is 22.2. The summed E-state index contributed by atoms with van der Waals surface area (Å²) in [5.74, 6) is -0.261. The number of carbonyl (C=O) groups excluding carboxylic acids is 1. The van der Waals surface area contributed by atoms with E-state index in [9.17, 15) is 14.9 Å². The Kier molecular flexibility index (Phi) is 4.38. The molecular formula is C12H16N2O4. The van der Waals surface area contributed by atoms with Crippen LogP contribution in [0.3, 0.4) is 0 Å². The van der Waals surface area contributed by atoms with Crippen molar-refractivity contribution in [3.63, 3.8) is 0 Å². The number of amides is 1. The quantitative estimate of drug-likeness (QED) is 0.609. The summed E-state index contributed by atoms with van der Waals surface area (Å²) >= 11 is 0. The Morgan fingerprint density at radius 2 is 1.94 bits per heavy atom. The average molecular weight is 252 g/mol. The maximum Gasteiger partial charge on any atom is 0.269 e. The summed E-state index contributed by atoms with van der Waals surface area (Å²) in [6.45, 7) is 3.32. The molecule has 6 heteroatoms. The van der Waals surface area contributed by atoms with Gasteiger partial charge in [0.1, 0.15) is 0 Å². The predicted molar refractivity (Wildman–Crippen MR) is 65.8 cm³/mol. The highest BCUT2D eigenvalue weighted by atomic mass is 16.6. The number of nitro groups is 1. The molecule has 0 bridgehead atoms. The summed E-state index contributed by atoms with van der Waals surface area (Å²) in [7, 11) is 0. The highest BCUT2D eigenvalue weighted by Gasteiger charge is 2.26. The van der Waals surface area contributed by atoms with Gasteiger partial charge in [0.15, 0.2) is 0 Å². The summed E-state index contributed by atoms with van der Waals surface area (Å²) in [6, 6.07) is 5.95. The number of nitro benzene ring substituents is 1. The maximum atomic E-state index is 11.7. The average Bonchev–Trinajstić information content (AvgIpc) is 2.36. The lowest BCUT2D eigenvalue weighted by Crippen LogP contribution is -2.38. The molecule has 0 aromatic heterocycles. The van der Waals surface area contributed by atoms with Crippen LogP contribution >= 0.6 is 0 Å². The highest BCUT2D eigenvalue weighted by Crippen LogP contribution is 2.15. The van der Waals surface area contributed by atoms with E-state index in [0.717, 1.165) is 5.56 Å². The molecule has 0 saturated carbocycles. The molecule has 1 amide bonds.